The number of halogens is 1. The molecule has 1 aromatic carbocycles. The highest BCUT2D eigenvalue weighted by molar-refractivity contribution is 6.31. The minimum absolute atomic E-state index is 0.0478. The summed E-state index contributed by atoms with van der Waals surface area (Å²) in [5.41, 5.74) is 1.39. The van der Waals surface area contributed by atoms with Crippen molar-refractivity contribution in [3.63, 3.8) is 0 Å². The molecule has 150 valence electrons. The maximum absolute atomic E-state index is 12.1. The lowest BCUT2D eigenvalue weighted by Gasteiger charge is -2.32. The molecule has 28 heavy (non-hydrogen) atoms. The van der Waals surface area contributed by atoms with Crippen LogP contribution in [0.5, 0.6) is 0 Å². The van der Waals surface area contributed by atoms with Crippen LogP contribution in [0.2, 0.25) is 0 Å². The van der Waals surface area contributed by atoms with Gasteiger partial charge in [-0.25, -0.2) is 4.68 Å². The Labute approximate surface area is 170 Å². The molecule has 1 atom stereocenters. The summed E-state index contributed by atoms with van der Waals surface area (Å²) in [6.07, 6.45) is 6.25. The zero-order valence-electron chi connectivity index (χ0n) is 15.8. The Hall–Kier alpha value is -2.22. The maximum atomic E-state index is 12.1. The van der Waals surface area contributed by atoms with Crippen LogP contribution in [0.1, 0.15) is 41.4 Å². The van der Waals surface area contributed by atoms with Gasteiger partial charge >= 0.3 is 0 Å². The summed E-state index contributed by atoms with van der Waals surface area (Å²) >= 11 is 6.46. The number of amides is 1. The molecule has 0 radical (unpaired) electrons. The summed E-state index contributed by atoms with van der Waals surface area (Å²) in [6, 6.07) is 10.2. The Bertz CT molecular complexity index is 793. The van der Waals surface area contributed by atoms with E-state index in [2.05, 4.69) is 20.5 Å². The number of likely N-dealkylation sites (tertiary alicyclic amines) is 1. The van der Waals surface area contributed by atoms with E-state index in [1.165, 1.54) is 0 Å². The number of benzene rings is 1. The van der Waals surface area contributed by atoms with Crippen LogP contribution in [0.25, 0.3) is 6.08 Å². The van der Waals surface area contributed by atoms with E-state index in [-0.39, 0.29) is 18.6 Å². The summed E-state index contributed by atoms with van der Waals surface area (Å²) in [4.78, 5) is 14.4. The van der Waals surface area contributed by atoms with Crippen molar-refractivity contribution in [3.05, 3.63) is 52.8 Å². The van der Waals surface area contributed by atoms with Gasteiger partial charge in [0.2, 0.25) is 0 Å². The average molecular weight is 404 g/mol. The van der Waals surface area contributed by atoms with Crippen LogP contribution in [0.15, 0.2) is 41.6 Å². The molecule has 1 unspecified atom stereocenters. The van der Waals surface area contributed by atoms with Crippen LogP contribution in [-0.4, -0.2) is 63.7 Å². The molecule has 7 nitrogen and oxygen atoms in total. The molecular formula is C20H26ClN5O2. The first-order valence-electron chi connectivity index (χ1n) is 9.60. The monoisotopic (exact) mass is 403 g/mol. The van der Waals surface area contributed by atoms with E-state index >= 15 is 0 Å². The number of hydrogen-bond acceptors (Lipinski definition) is 5. The molecule has 8 heteroatoms. The summed E-state index contributed by atoms with van der Waals surface area (Å²) in [5, 5.41) is 20.5. The fraction of sp³-hybridized carbons (Fsp3) is 0.450. The zero-order chi connectivity index (χ0) is 19.8. The third-order valence-electron chi connectivity index (χ3n) is 4.72. The molecule has 0 spiro atoms. The van der Waals surface area contributed by atoms with Crippen molar-refractivity contribution < 1.29 is 9.90 Å². The van der Waals surface area contributed by atoms with E-state index < -0.39 is 0 Å². The van der Waals surface area contributed by atoms with Crippen molar-refractivity contribution >= 4 is 23.6 Å². The van der Waals surface area contributed by atoms with E-state index in [9.17, 15) is 4.79 Å². The van der Waals surface area contributed by atoms with Gasteiger partial charge in [0, 0.05) is 31.3 Å². The molecule has 2 N–H and O–H groups in total. The minimum atomic E-state index is -0.263. The maximum Gasteiger partial charge on any atom is 0.273 e. The predicted octanol–water partition coefficient (Wildman–Crippen LogP) is 2.31. The van der Waals surface area contributed by atoms with Gasteiger partial charge in [0.1, 0.15) is 0 Å². The van der Waals surface area contributed by atoms with Gasteiger partial charge in [0.25, 0.3) is 5.91 Å². The molecule has 3 rings (SSSR count). The van der Waals surface area contributed by atoms with Crippen LogP contribution in [0.3, 0.4) is 0 Å². The number of carbonyl (C=O) groups excluding carboxylic acids is 1. The second kappa shape index (κ2) is 10.4. The summed E-state index contributed by atoms with van der Waals surface area (Å²) < 4.78 is 1.78. The number of piperidine rings is 1. The largest absolute Gasteiger partial charge is 0.396 e. The summed E-state index contributed by atoms with van der Waals surface area (Å²) in [6.45, 7) is 2.96. The van der Waals surface area contributed by atoms with Gasteiger partial charge in [-0.05, 0) is 37.4 Å². The van der Waals surface area contributed by atoms with Gasteiger partial charge in [-0.1, -0.05) is 47.1 Å². The van der Waals surface area contributed by atoms with Gasteiger partial charge in [-0.3, -0.25) is 9.69 Å². The Morgan fingerprint density at radius 3 is 2.96 bits per heavy atom. The first-order chi connectivity index (χ1) is 13.7. The van der Waals surface area contributed by atoms with Gasteiger partial charge in [-0.2, -0.15) is 0 Å². The van der Waals surface area contributed by atoms with Crippen molar-refractivity contribution in [2.45, 2.75) is 25.3 Å². The number of aliphatic hydroxyl groups excluding tert-OH is 1. The van der Waals surface area contributed by atoms with Gasteiger partial charge in [0.15, 0.2) is 5.69 Å². The molecule has 0 aliphatic carbocycles. The quantitative estimate of drug-likeness (QED) is 0.661. The van der Waals surface area contributed by atoms with Crippen LogP contribution in [0, 0.1) is 0 Å². The number of rotatable bonds is 8. The van der Waals surface area contributed by atoms with Crippen LogP contribution < -0.4 is 5.32 Å². The molecule has 1 fully saturated rings. The number of nitrogens with zero attached hydrogens (tertiary/aromatic N) is 4. The molecule has 1 saturated heterocycles. The fourth-order valence-electron chi connectivity index (χ4n) is 3.31. The molecule has 1 amide bonds. The van der Waals surface area contributed by atoms with Gasteiger partial charge in [0.05, 0.1) is 12.2 Å². The first kappa shape index (κ1) is 20.5. The number of aliphatic hydroxyl groups is 1. The number of hydrogen-bond donors (Lipinski definition) is 2. The second-order valence-electron chi connectivity index (χ2n) is 6.95. The smallest absolute Gasteiger partial charge is 0.273 e. The Balaban J connectivity index is 1.56. The van der Waals surface area contributed by atoms with Crippen LogP contribution >= 0.6 is 11.6 Å². The van der Waals surface area contributed by atoms with E-state index in [1.54, 1.807) is 10.9 Å². The average Bonchev–Trinajstić information content (AvgIpc) is 3.19. The minimum Gasteiger partial charge on any atom is -0.396 e. The highest BCUT2D eigenvalue weighted by Crippen LogP contribution is 2.22. The third kappa shape index (κ3) is 5.89. The number of aromatic nitrogens is 3. The Morgan fingerprint density at radius 1 is 1.36 bits per heavy atom. The van der Waals surface area contributed by atoms with Crippen molar-refractivity contribution in [3.8, 4) is 0 Å². The molecular weight excluding hydrogens is 378 g/mol. The third-order valence-corrected chi connectivity index (χ3v) is 4.94. The number of nitrogens with one attached hydrogen (secondary N) is 1. The SMILES string of the molecule is O=C(NCCCO)c1cn(C2CCCN(C/C(Cl)=C/c3ccccc3)C2)nn1. The predicted molar refractivity (Wildman–Crippen MR) is 109 cm³/mol. The Morgan fingerprint density at radius 2 is 2.18 bits per heavy atom. The Kier molecular flexibility index (Phi) is 7.59. The highest BCUT2D eigenvalue weighted by atomic mass is 35.5. The highest BCUT2D eigenvalue weighted by Gasteiger charge is 2.23. The first-order valence-corrected chi connectivity index (χ1v) is 9.98. The van der Waals surface area contributed by atoms with E-state index in [4.69, 9.17) is 16.7 Å². The van der Waals surface area contributed by atoms with Crippen molar-refractivity contribution in [1.29, 1.82) is 0 Å². The summed E-state index contributed by atoms with van der Waals surface area (Å²) in [5.74, 6) is -0.263. The fourth-order valence-corrected chi connectivity index (χ4v) is 3.61. The summed E-state index contributed by atoms with van der Waals surface area (Å²) in [7, 11) is 0. The molecule has 0 saturated carbocycles. The normalized spacial score (nSPS) is 18.2. The number of carbonyl (C=O) groups is 1. The van der Waals surface area contributed by atoms with Gasteiger partial charge < -0.3 is 10.4 Å². The van der Waals surface area contributed by atoms with Crippen molar-refractivity contribution in [2.24, 2.45) is 0 Å². The lowest BCUT2D eigenvalue weighted by molar-refractivity contribution is 0.0946. The lowest BCUT2D eigenvalue weighted by atomic mass is 10.1. The van der Waals surface area contributed by atoms with Crippen LogP contribution in [0.4, 0.5) is 0 Å². The lowest BCUT2D eigenvalue weighted by Crippen LogP contribution is -2.37. The van der Waals surface area contributed by atoms with Gasteiger partial charge in [-0.15, -0.1) is 5.10 Å². The van der Waals surface area contributed by atoms with Crippen LogP contribution in [-0.2, 0) is 0 Å². The molecule has 1 aliphatic heterocycles. The molecule has 0 bridgehead atoms. The molecule has 1 aromatic heterocycles. The van der Waals surface area contributed by atoms with Crippen molar-refractivity contribution in [2.75, 3.05) is 32.8 Å². The molecule has 2 aromatic rings. The second-order valence-corrected chi connectivity index (χ2v) is 7.44. The molecule has 2 heterocycles. The zero-order valence-corrected chi connectivity index (χ0v) is 16.6. The van der Waals surface area contributed by atoms with E-state index in [0.717, 1.165) is 36.5 Å². The van der Waals surface area contributed by atoms with E-state index in [0.29, 0.717) is 25.2 Å². The standard InChI is InChI=1S/C20H26ClN5O2/c21-17(12-16-6-2-1-3-7-16)13-25-10-4-8-18(14-25)26-15-19(23-24-26)20(28)22-9-5-11-27/h1-3,6-7,12,15,18,27H,4-5,8-11,13-14H2,(H,22,28)/b17-12-. The molecule has 1 aliphatic rings. The van der Waals surface area contributed by atoms with Crippen molar-refractivity contribution in [1.82, 2.24) is 25.2 Å². The van der Waals surface area contributed by atoms with E-state index in [1.807, 2.05) is 36.4 Å². The topological polar surface area (TPSA) is 83.3 Å².